The Labute approximate surface area is 172 Å². The molecule has 3 aromatic rings. The molecule has 0 radical (unpaired) electrons. The van der Waals surface area contributed by atoms with Crippen LogP contribution in [0.15, 0.2) is 46.4 Å². The zero-order valence-corrected chi connectivity index (χ0v) is 17.7. The van der Waals surface area contributed by atoms with Crippen LogP contribution < -0.4 is 5.56 Å². The fourth-order valence-electron chi connectivity index (χ4n) is 2.77. The van der Waals surface area contributed by atoms with Crippen molar-refractivity contribution < 1.29 is 9.53 Å². The Balaban J connectivity index is 1.91. The van der Waals surface area contributed by atoms with Crippen LogP contribution in [0.1, 0.15) is 22.9 Å². The van der Waals surface area contributed by atoms with Crippen LogP contribution in [0.3, 0.4) is 0 Å². The summed E-state index contributed by atoms with van der Waals surface area (Å²) in [5, 5.41) is 1.13. The van der Waals surface area contributed by atoms with E-state index in [1.165, 1.54) is 27.7 Å². The van der Waals surface area contributed by atoms with E-state index in [2.05, 4.69) is 4.98 Å². The van der Waals surface area contributed by atoms with Crippen LogP contribution in [-0.4, -0.2) is 27.9 Å². The van der Waals surface area contributed by atoms with E-state index in [0.29, 0.717) is 16.3 Å². The summed E-state index contributed by atoms with van der Waals surface area (Å²) in [7, 11) is 0. The number of aromatic nitrogens is 2. The fourth-order valence-corrected chi connectivity index (χ4v) is 4.64. The number of hydrogen-bond acceptors (Lipinski definition) is 6. The predicted octanol–water partition coefficient (Wildman–Crippen LogP) is 4.44. The first-order valence-electron chi connectivity index (χ1n) is 9.01. The molecular weight excluding hydrogens is 392 g/mol. The van der Waals surface area contributed by atoms with Crippen LogP contribution in [0.25, 0.3) is 16.3 Å². The largest absolute Gasteiger partial charge is 0.465 e. The third kappa shape index (κ3) is 4.54. The Morgan fingerprint density at radius 2 is 2.04 bits per heavy atom. The number of thioether (sulfide) groups is 1. The summed E-state index contributed by atoms with van der Waals surface area (Å²) < 4.78 is 6.47. The van der Waals surface area contributed by atoms with Gasteiger partial charge in [0.1, 0.15) is 11.4 Å². The number of aryl methyl sites for hydroxylation is 2. The highest BCUT2D eigenvalue weighted by atomic mass is 32.2. The summed E-state index contributed by atoms with van der Waals surface area (Å²) in [6.07, 6.45) is 4.05. The molecule has 0 aliphatic carbocycles. The van der Waals surface area contributed by atoms with Crippen molar-refractivity contribution in [1.29, 1.82) is 0 Å². The molecule has 0 spiro atoms. The van der Waals surface area contributed by atoms with Gasteiger partial charge in [-0.05, 0) is 31.9 Å². The number of esters is 1. The lowest BCUT2D eigenvalue weighted by molar-refractivity contribution is -0.144. The van der Waals surface area contributed by atoms with Crippen LogP contribution >= 0.6 is 23.1 Å². The molecule has 0 amide bonds. The number of fused-ring (bicyclic) bond motifs is 1. The first-order valence-corrected chi connectivity index (χ1v) is 10.8. The molecule has 3 rings (SSSR count). The molecule has 0 atom stereocenters. The maximum atomic E-state index is 13.1. The summed E-state index contributed by atoms with van der Waals surface area (Å²) in [6, 6.07) is 10.0. The average Bonchev–Trinajstić information content (AvgIpc) is 2.96. The SMILES string of the molecule is CCOC(=O)Cn1c(SC/C=C/c2ccccc2)nc2sc(C)c(C)c2c1=O. The van der Waals surface area contributed by atoms with E-state index in [-0.39, 0.29) is 18.7 Å². The summed E-state index contributed by atoms with van der Waals surface area (Å²) in [5.74, 6) is 0.205. The fraction of sp³-hybridized carbons (Fsp3) is 0.286. The average molecular weight is 415 g/mol. The number of thiophene rings is 1. The van der Waals surface area contributed by atoms with Gasteiger partial charge in [-0.15, -0.1) is 11.3 Å². The molecule has 0 saturated heterocycles. The zero-order chi connectivity index (χ0) is 20.1. The highest BCUT2D eigenvalue weighted by Gasteiger charge is 2.18. The first-order chi connectivity index (χ1) is 13.5. The van der Waals surface area contributed by atoms with Gasteiger partial charge in [0, 0.05) is 10.6 Å². The Hall–Kier alpha value is -2.38. The summed E-state index contributed by atoms with van der Waals surface area (Å²) in [4.78, 5) is 31.6. The molecule has 0 unspecified atom stereocenters. The first kappa shape index (κ1) is 20.4. The van der Waals surface area contributed by atoms with Crippen LogP contribution in [-0.2, 0) is 16.1 Å². The second-order valence-corrected chi connectivity index (χ2v) is 8.37. The smallest absolute Gasteiger partial charge is 0.326 e. The molecule has 0 fully saturated rings. The van der Waals surface area contributed by atoms with Crippen molar-refractivity contribution >= 4 is 45.4 Å². The van der Waals surface area contributed by atoms with Gasteiger partial charge in [0.05, 0.1) is 12.0 Å². The number of hydrogen-bond donors (Lipinski definition) is 0. The minimum Gasteiger partial charge on any atom is -0.465 e. The third-order valence-corrected chi connectivity index (χ3v) is 6.30. The lowest BCUT2D eigenvalue weighted by Gasteiger charge is -2.11. The van der Waals surface area contributed by atoms with Gasteiger partial charge >= 0.3 is 5.97 Å². The highest BCUT2D eigenvalue weighted by Crippen LogP contribution is 2.28. The minimum atomic E-state index is -0.433. The maximum absolute atomic E-state index is 13.1. The lowest BCUT2D eigenvalue weighted by atomic mass is 10.2. The van der Waals surface area contributed by atoms with Gasteiger partial charge in [0.15, 0.2) is 5.16 Å². The van der Waals surface area contributed by atoms with Crippen LogP contribution in [0, 0.1) is 13.8 Å². The van der Waals surface area contributed by atoms with Crippen molar-refractivity contribution in [3.63, 3.8) is 0 Å². The van der Waals surface area contributed by atoms with Crippen molar-refractivity contribution in [1.82, 2.24) is 9.55 Å². The monoisotopic (exact) mass is 414 g/mol. The van der Waals surface area contributed by atoms with E-state index in [4.69, 9.17) is 4.74 Å². The standard InChI is InChI=1S/C21H22N2O3S2/c1-4-26-17(24)13-23-20(25)18-14(2)15(3)28-19(18)22-21(23)27-12-8-11-16-9-6-5-7-10-16/h5-11H,4,12-13H2,1-3H3/b11-8+. The molecule has 0 aliphatic heterocycles. The van der Waals surface area contributed by atoms with E-state index in [9.17, 15) is 9.59 Å². The highest BCUT2D eigenvalue weighted by molar-refractivity contribution is 7.99. The van der Waals surface area contributed by atoms with E-state index in [1.54, 1.807) is 6.92 Å². The number of carbonyl (C=O) groups excluding carboxylic acids is 1. The summed E-state index contributed by atoms with van der Waals surface area (Å²) >= 11 is 2.94. The molecule has 2 aromatic heterocycles. The molecule has 28 heavy (non-hydrogen) atoms. The number of rotatable bonds is 7. The maximum Gasteiger partial charge on any atom is 0.326 e. The molecule has 0 saturated carbocycles. The Bertz CT molecular complexity index is 1070. The van der Waals surface area contributed by atoms with Gasteiger partial charge in [-0.25, -0.2) is 4.98 Å². The van der Waals surface area contributed by atoms with Gasteiger partial charge in [-0.1, -0.05) is 54.2 Å². The molecule has 0 bridgehead atoms. The molecule has 7 heteroatoms. The molecule has 0 aliphatic rings. The Morgan fingerprint density at radius 1 is 1.29 bits per heavy atom. The second kappa shape index (κ2) is 9.21. The van der Waals surface area contributed by atoms with Gasteiger partial charge in [0.2, 0.25) is 0 Å². The molecule has 146 valence electrons. The van der Waals surface area contributed by atoms with E-state index in [0.717, 1.165) is 20.8 Å². The Kier molecular flexibility index (Phi) is 6.70. The van der Waals surface area contributed by atoms with Crippen LogP contribution in [0.4, 0.5) is 0 Å². The van der Waals surface area contributed by atoms with Gasteiger partial charge < -0.3 is 4.74 Å². The number of ether oxygens (including phenoxy) is 1. The normalized spacial score (nSPS) is 11.4. The molecular formula is C21H22N2O3S2. The number of benzene rings is 1. The molecule has 2 heterocycles. The van der Waals surface area contributed by atoms with Gasteiger partial charge in [0.25, 0.3) is 5.56 Å². The van der Waals surface area contributed by atoms with Crippen LogP contribution in [0.2, 0.25) is 0 Å². The molecule has 5 nitrogen and oxygen atoms in total. The zero-order valence-electron chi connectivity index (χ0n) is 16.1. The van der Waals surface area contributed by atoms with E-state index >= 15 is 0 Å². The van der Waals surface area contributed by atoms with Crippen molar-refractivity contribution in [2.24, 2.45) is 0 Å². The number of nitrogens with zero attached hydrogens (tertiary/aromatic N) is 2. The summed E-state index contributed by atoms with van der Waals surface area (Å²) in [6.45, 7) is 5.79. The predicted molar refractivity (Wildman–Crippen MR) is 116 cm³/mol. The lowest BCUT2D eigenvalue weighted by Crippen LogP contribution is -2.28. The van der Waals surface area contributed by atoms with Crippen molar-refractivity contribution in [3.05, 3.63) is 62.8 Å². The molecule has 0 N–H and O–H groups in total. The van der Waals surface area contributed by atoms with E-state index in [1.807, 2.05) is 56.3 Å². The minimum absolute atomic E-state index is 0.130. The number of carbonyl (C=O) groups is 1. The molecule has 1 aromatic carbocycles. The van der Waals surface area contributed by atoms with Crippen molar-refractivity contribution in [3.8, 4) is 0 Å². The second-order valence-electron chi connectivity index (χ2n) is 6.18. The van der Waals surface area contributed by atoms with Crippen molar-refractivity contribution in [2.45, 2.75) is 32.5 Å². The van der Waals surface area contributed by atoms with E-state index < -0.39 is 5.97 Å². The van der Waals surface area contributed by atoms with Gasteiger partial charge in [-0.2, -0.15) is 0 Å². The summed E-state index contributed by atoms with van der Waals surface area (Å²) in [5.41, 5.74) is 1.85. The quantitative estimate of drug-likeness (QED) is 0.325. The van der Waals surface area contributed by atoms with Crippen LogP contribution in [0.5, 0.6) is 0 Å². The Morgan fingerprint density at radius 3 is 2.75 bits per heavy atom. The third-order valence-electron chi connectivity index (χ3n) is 4.26. The van der Waals surface area contributed by atoms with Crippen molar-refractivity contribution in [2.75, 3.05) is 12.4 Å². The topological polar surface area (TPSA) is 61.2 Å². The van der Waals surface area contributed by atoms with Gasteiger partial charge in [-0.3, -0.25) is 14.2 Å².